The Hall–Kier alpha value is -1.67. The zero-order valence-corrected chi connectivity index (χ0v) is 12.4. The van der Waals surface area contributed by atoms with Crippen LogP contribution in [0.1, 0.15) is 44.5 Å². The predicted molar refractivity (Wildman–Crippen MR) is 75.1 cm³/mol. The molecule has 5 heteroatoms. The van der Waals surface area contributed by atoms with Crippen molar-refractivity contribution in [2.75, 3.05) is 19.0 Å². The molecule has 0 fully saturated rings. The van der Waals surface area contributed by atoms with Crippen molar-refractivity contribution >= 4 is 5.82 Å². The highest BCUT2D eigenvalue weighted by molar-refractivity contribution is 5.57. The van der Waals surface area contributed by atoms with Crippen molar-refractivity contribution < 1.29 is 4.74 Å². The number of nitriles is 1. The van der Waals surface area contributed by atoms with Crippen molar-refractivity contribution in [3.63, 3.8) is 0 Å². The van der Waals surface area contributed by atoms with Gasteiger partial charge in [0, 0.05) is 7.11 Å². The third kappa shape index (κ3) is 3.65. The standard InChI is InChI=1S/C14H22N4O/c1-6-10-11(8-15)13(18-17-12(10)7-2)16-14(3,4)9-19-5/h6-7,9H2,1-5H3,(H,16,18). The topological polar surface area (TPSA) is 70.8 Å². The Bertz CT molecular complexity index is 477. The lowest BCUT2D eigenvalue weighted by Gasteiger charge is -2.26. The second kappa shape index (κ2) is 6.48. The summed E-state index contributed by atoms with van der Waals surface area (Å²) in [6.45, 7) is 8.57. The highest BCUT2D eigenvalue weighted by Gasteiger charge is 2.22. The summed E-state index contributed by atoms with van der Waals surface area (Å²) in [6.07, 6.45) is 1.56. The molecule has 0 aliphatic rings. The lowest BCUT2D eigenvalue weighted by molar-refractivity contribution is 0.158. The van der Waals surface area contributed by atoms with Crippen LogP contribution in [-0.4, -0.2) is 29.5 Å². The molecule has 0 unspecified atom stereocenters. The van der Waals surface area contributed by atoms with Crippen LogP contribution >= 0.6 is 0 Å². The van der Waals surface area contributed by atoms with Crippen molar-refractivity contribution in [3.8, 4) is 6.07 Å². The second-order valence-electron chi connectivity index (χ2n) is 5.11. The van der Waals surface area contributed by atoms with Gasteiger partial charge in [0.1, 0.15) is 11.6 Å². The smallest absolute Gasteiger partial charge is 0.167 e. The van der Waals surface area contributed by atoms with E-state index in [0.29, 0.717) is 18.0 Å². The molecule has 1 N–H and O–H groups in total. The summed E-state index contributed by atoms with van der Waals surface area (Å²) < 4.78 is 5.16. The van der Waals surface area contributed by atoms with E-state index >= 15 is 0 Å². The van der Waals surface area contributed by atoms with Crippen molar-refractivity contribution in [2.45, 2.75) is 46.1 Å². The molecule has 1 rings (SSSR count). The summed E-state index contributed by atoms with van der Waals surface area (Å²) >= 11 is 0. The van der Waals surface area contributed by atoms with Gasteiger partial charge in [0.05, 0.1) is 17.8 Å². The average Bonchev–Trinajstić information content (AvgIpc) is 2.37. The van der Waals surface area contributed by atoms with E-state index in [-0.39, 0.29) is 5.54 Å². The first-order chi connectivity index (χ1) is 8.99. The SMILES string of the molecule is CCc1nnc(NC(C)(C)COC)c(C#N)c1CC. The fraction of sp³-hybridized carbons (Fsp3) is 0.643. The molecule has 19 heavy (non-hydrogen) atoms. The fourth-order valence-corrected chi connectivity index (χ4v) is 2.10. The predicted octanol–water partition coefficient (Wildman–Crippen LogP) is 2.31. The molecular weight excluding hydrogens is 240 g/mol. The highest BCUT2D eigenvalue weighted by atomic mass is 16.5. The van der Waals surface area contributed by atoms with E-state index < -0.39 is 0 Å². The number of methoxy groups -OCH3 is 1. The number of aryl methyl sites for hydroxylation is 1. The first kappa shape index (κ1) is 15.4. The first-order valence-electron chi connectivity index (χ1n) is 6.54. The molecule has 5 nitrogen and oxygen atoms in total. The van der Waals surface area contributed by atoms with E-state index in [1.165, 1.54) is 0 Å². The van der Waals surface area contributed by atoms with Crippen LogP contribution in [0.4, 0.5) is 5.82 Å². The van der Waals surface area contributed by atoms with E-state index in [0.717, 1.165) is 24.1 Å². The van der Waals surface area contributed by atoms with Gasteiger partial charge >= 0.3 is 0 Å². The van der Waals surface area contributed by atoms with Crippen LogP contribution in [0.3, 0.4) is 0 Å². The van der Waals surface area contributed by atoms with Crippen LogP contribution in [0, 0.1) is 11.3 Å². The number of rotatable bonds is 6. The van der Waals surface area contributed by atoms with E-state index in [2.05, 4.69) is 21.6 Å². The zero-order valence-electron chi connectivity index (χ0n) is 12.4. The zero-order chi connectivity index (χ0) is 14.5. The average molecular weight is 262 g/mol. The minimum absolute atomic E-state index is 0.298. The van der Waals surface area contributed by atoms with Crippen molar-refractivity contribution in [1.29, 1.82) is 5.26 Å². The Morgan fingerprint density at radius 2 is 1.95 bits per heavy atom. The number of hydrogen-bond acceptors (Lipinski definition) is 5. The largest absolute Gasteiger partial charge is 0.382 e. The fourth-order valence-electron chi connectivity index (χ4n) is 2.10. The maximum atomic E-state index is 9.39. The van der Waals surface area contributed by atoms with Gasteiger partial charge in [0.15, 0.2) is 5.82 Å². The van der Waals surface area contributed by atoms with Crippen LogP contribution < -0.4 is 5.32 Å². The van der Waals surface area contributed by atoms with Crippen LogP contribution in [0.2, 0.25) is 0 Å². The second-order valence-corrected chi connectivity index (χ2v) is 5.11. The molecule has 0 amide bonds. The molecule has 0 saturated heterocycles. The quantitative estimate of drug-likeness (QED) is 0.851. The summed E-state index contributed by atoms with van der Waals surface area (Å²) in [7, 11) is 1.65. The van der Waals surface area contributed by atoms with Crippen LogP contribution in [0.25, 0.3) is 0 Å². The highest BCUT2D eigenvalue weighted by Crippen LogP contribution is 2.22. The molecule has 1 aromatic heterocycles. The van der Waals surface area contributed by atoms with E-state index in [1.807, 2.05) is 27.7 Å². The van der Waals surface area contributed by atoms with Gasteiger partial charge in [0.25, 0.3) is 0 Å². The van der Waals surface area contributed by atoms with E-state index in [4.69, 9.17) is 4.74 Å². The molecule has 0 atom stereocenters. The lowest BCUT2D eigenvalue weighted by atomic mass is 10.0. The Morgan fingerprint density at radius 3 is 2.42 bits per heavy atom. The number of aromatic nitrogens is 2. The van der Waals surface area contributed by atoms with Gasteiger partial charge in [-0.15, -0.1) is 5.10 Å². The Labute approximate surface area is 115 Å². The number of hydrogen-bond donors (Lipinski definition) is 1. The van der Waals surface area contributed by atoms with Crippen LogP contribution in [0.15, 0.2) is 0 Å². The molecule has 104 valence electrons. The van der Waals surface area contributed by atoms with Gasteiger partial charge in [-0.3, -0.25) is 0 Å². The van der Waals surface area contributed by atoms with Crippen molar-refractivity contribution in [2.24, 2.45) is 0 Å². The Kier molecular flexibility index (Phi) is 5.25. The van der Waals surface area contributed by atoms with Crippen molar-refractivity contribution in [1.82, 2.24) is 10.2 Å². The summed E-state index contributed by atoms with van der Waals surface area (Å²) in [6, 6.07) is 2.25. The van der Waals surface area contributed by atoms with Crippen molar-refractivity contribution in [3.05, 3.63) is 16.8 Å². The maximum absolute atomic E-state index is 9.39. The van der Waals surface area contributed by atoms with Gasteiger partial charge in [-0.1, -0.05) is 13.8 Å². The van der Waals surface area contributed by atoms with Crippen LogP contribution in [0.5, 0.6) is 0 Å². The number of nitrogens with zero attached hydrogens (tertiary/aromatic N) is 3. The molecule has 0 bridgehead atoms. The third-order valence-electron chi connectivity index (χ3n) is 2.92. The van der Waals surface area contributed by atoms with Crippen LogP contribution in [-0.2, 0) is 17.6 Å². The molecule has 0 aromatic carbocycles. The normalized spacial score (nSPS) is 11.2. The minimum Gasteiger partial charge on any atom is -0.382 e. The number of ether oxygens (including phenoxy) is 1. The lowest BCUT2D eigenvalue weighted by Crippen LogP contribution is -2.36. The van der Waals surface area contributed by atoms with Gasteiger partial charge in [-0.2, -0.15) is 10.4 Å². The van der Waals surface area contributed by atoms with E-state index in [1.54, 1.807) is 7.11 Å². The molecule has 0 aliphatic carbocycles. The van der Waals surface area contributed by atoms with E-state index in [9.17, 15) is 5.26 Å². The maximum Gasteiger partial charge on any atom is 0.167 e. The van der Waals surface area contributed by atoms with Gasteiger partial charge in [-0.25, -0.2) is 0 Å². The summed E-state index contributed by atoms with van der Waals surface area (Å²) in [4.78, 5) is 0. The molecule has 0 saturated carbocycles. The third-order valence-corrected chi connectivity index (χ3v) is 2.92. The summed E-state index contributed by atoms with van der Waals surface area (Å²) in [5.41, 5.74) is 2.18. The molecule has 0 spiro atoms. The summed E-state index contributed by atoms with van der Waals surface area (Å²) in [5.74, 6) is 0.540. The molecular formula is C14H22N4O. The molecule has 0 radical (unpaired) electrons. The minimum atomic E-state index is -0.298. The number of anilines is 1. The van der Waals surface area contributed by atoms with Gasteiger partial charge in [-0.05, 0) is 32.3 Å². The first-order valence-corrected chi connectivity index (χ1v) is 6.54. The van der Waals surface area contributed by atoms with Gasteiger partial charge < -0.3 is 10.1 Å². The monoisotopic (exact) mass is 262 g/mol. The summed E-state index contributed by atoms with van der Waals surface area (Å²) in [5, 5.41) is 21.0. The Balaban J connectivity index is 3.19. The molecule has 0 aliphatic heterocycles. The number of nitrogens with one attached hydrogen (secondary N) is 1. The molecule has 1 heterocycles. The molecule has 1 aromatic rings. The Morgan fingerprint density at radius 1 is 1.26 bits per heavy atom. The van der Waals surface area contributed by atoms with Gasteiger partial charge in [0.2, 0.25) is 0 Å².